The first-order valence-electron chi connectivity index (χ1n) is 3.70. The summed E-state index contributed by atoms with van der Waals surface area (Å²) in [4.78, 5) is 3.56. The highest BCUT2D eigenvalue weighted by Crippen LogP contribution is 2.34. The first-order chi connectivity index (χ1) is 6.60. The molecule has 0 aliphatic heterocycles. The molecule has 4 nitrogen and oxygen atoms in total. The summed E-state index contributed by atoms with van der Waals surface area (Å²) < 4.78 is 34.0. The molecule has 0 bridgehead atoms. The maximum absolute atomic E-state index is 12.4. The maximum Gasteiger partial charge on any atom is 0.269 e. The highest BCUT2D eigenvalue weighted by atomic mass is 19.3. The summed E-state index contributed by atoms with van der Waals surface area (Å²) in [6.07, 6.45) is -2.76. The van der Waals surface area contributed by atoms with E-state index >= 15 is 0 Å². The van der Waals surface area contributed by atoms with Gasteiger partial charge in [0.2, 0.25) is 5.88 Å². The number of methoxy groups -OCH3 is 2. The van der Waals surface area contributed by atoms with Crippen molar-refractivity contribution in [2.45, 2.75) is 6.43 Å². The lowest BCUT2D eigenvalue weighted by Gasteiger charge is -2.09. The quantitative estimate of drug-likeness (QED) is 0.816. The molecule has 0 aliphatic rings. The van der Waals surface area contributed by atoms with Gasteiger partial charge in [0.1, 0.15) is 0 Å². The Bertz CT molecular complexity index is 331. The van der Waals surface area contributed by atoms with Gasteiger partial charge in [0.15, 0.2) is 5.75 Å². The van der Waals surface area contributed by atoms with E-state index in [1.54, 1.807) is 0 Å². The Morgan fingerprint density at radius 2 is 1.86 bits per heavy atom. The zero-order valence-corrected chi connectivity index (χ0v) is 7.62. The number of pyridine rings is 1. The molecule has 78 valence electrons. The van der Waals surface area contributed by atoms with Crippen LogP contribution in [-0.4, -0.2) is 24.3 Å². The summed E-state index contributed by atoms with van der Waals surface area (Å²) in [5.41, 5.74) is -0.467. The van der Waals surface area contributed by atoms with Crippen molar-refractivity contribution in [3.05, 3.63) is 11.6 Å². The van der Waals surface area contributed by atoms with Crippen LogP contribution in [0.5, 0.6) is 17.5 Å². The van der Waals surface area contributed by atoms with Crippen LogP contribution in [0.4, 0.5) is 8.78 Å². The molecular weight excluding hydrogens is 196 g/mol. The summed E-state index contributed by atoms with van der Waals surface area (Å²) in [5.74, 6) is -0.843. The van der Waals surface area contributed by atoms with E-state index in [4.69, 9.17) is 0 Å². The molecule has 0 atom stereocenters. The Morgan fingerprint density at radius 3 is 2.29 bits per heavy atom. The fourth-order valence-electron chi connectivity index (χ4n) is 0.955. The lowest BCUT2D eigenvalue weighted by molar-refractivity contribution is 0.145. The lowest BCUT2D eigenvalue weighted by Crippen LogP contribution is -1.98. The number of nitrogens with zero attached hydrogens (tertiary/aromatic N) is 1. The van der Waals surface area contributed by atoms with Crippen molar-refractivity contribution in [1.82, 2.24) is 4.98 Å². The maximum atomic E-state index is 12.4. The minimum Gasteiger partial charge on any atom is -0.503 e. The third-order valence-electron chi connectivity index (χ3n) is 1.58. The van der Waals surface area contributed by atoms with E-state index in [-0.39, 0.29) is 11.8 Å². The van der Waals surface area contributed by atoms with Gasteiger partial charge < -0.3 is 14.6 Å². The smallest absolute Gasteiger partial charge is 0.269 e. The van der Waals surface area contributed by atoms with Crippen molar-refractivity contribution in [3.8, 4) is 17.5 Å². The van der Waals surface area contributed by atoms with E-state index in [2.05, 4.69) is 14.5 Å². The molecule has 0 saturated carbocycles. The molecule has 1 aromatic heterocycles. The van der Waals surface area contributed by atoms with Gasteiger partial charge in [-0.15, -0.1) is 0 Å². The zero-order valence-electron chi connectivity index (χ0n) is 7.62. The highest BCUT2D eigenvalue weighted by molar-refractivity contribution is 5.42. The fraction of sp³-hybridized carbons (Fsp3) is 0.375. The van der Waals surface area contributed by atoms with Crippen LogP contribution < -0.4 is 9.47 Å². The van der Waals surface area contributed by atoms with Crippen molar-refractivity contribution in [2.75, 3.05) is 14.2 Å². The molecule has 1 aromatic rings. The van der Waals surface area contributed by atoms with Crippen LogP contribution >= 0.6 is 0 Å². The van der Waals surface area contributed by atoms with Crippen molar-refractivity contribution < 1.29 is 23.4 Å². The van der Waals surface area contributed by atoms with Gasteiger partial charge in [0.05, 0.1) is 19.8 Å². The van der Waals surface area contributed by atoms with Crippen LogP contribution in [0, 0.1) is 0 Å². The first kappa shape index (κ1) is 10.5. The van der Waals surface area contributed by atoms with Gasteiger partial charge in [0.25, 0.3) is 12.3 Å². The first-order valence-corrected chi connectivity index (χ1v) is 3.70. The summed E-state index contributed by atoms with van der Waals surface area (Å²) in [7, 11) is 2.48. The molecule has 14 heavy (non-hydrogen) atoms. The third-order valence-corrected chi connectivity index (χ3v) is 1.58. The second-order valence-electron chi connectivity index (χ2n) is 2.42. The van der Waals surface area contributed by atoms with Crippen LogP contribution in [0.25, 0.3) is 0 Å². The molecular formula is C8H9F2NO3. The van der Waals surface area contributed by atoms with E-state index in [1.165, 1.54) is 14.2 Å². The van der Waals surface area contributed by atoms with Gasteiger partial charge in [-0.25, -0.2) is 8.78 Å². The molecule has 0 fully saturated rings. The van der Waals surface area contributed by atoms with Crippen LogP contribution in [0.2, 0.25) is 0 Å². The number of aromatic nitrogens is 1. The molecule has 6 heteroatoms. The molecule has 0 aliphatic carbocycles. The van der Waals surface area contributed by atoms with Crippen LogP contribution in [0.15, 0.2) is 6.07 Å². The summed E-state index contributed by atoms with van der Waals surface area (Å²) in [5, 5.41) is 9.18. The number of ether oxygens (including phenoxy) is 2. The number of aromatic hydroxyl groups is 1. The molecule has 0 saturated heterocycles. The molecule has 1 rings (SSSR count). The van der Waals surface area contributed by atoms with Crippen molar-refractivity contribution in [1.29, 1.82) is 0 Å². The predicted molar refractivity (Wildman–Crippen MR) is 44.0 cm³/mol. The monoisotopic (exact) mass is 205 g/mol. The van der Waals surface area contributed by atoms with E-state index < -0.39 is 17.7 Å². The Kier molecular flexibility index (Phi) is 3.06. The van der Waals surface area contributed by atoms with E-state index in [1.807, 2.05) is 0 Å². The van der Waals surface area contributed by atoms with Gasteiger partial charge in [-0.1, -0.05) is 0 Å². The number of hydrogen-bond donors (Lipinski definition) is 1. The van der Waals surface area contributed by atoms with E-state index in [0.717, 1.165) is 6.07 Å². The average Bonchev–Trinajstić information content (AvgIpc) is 2.17. The topological polar surface area (TPSA) is 51.6 Å². The molecule has 0 radical (unpaired) electrons. The summed E-state index contributed by atoms with van der Waals surface area (Å²) in [6, 6.07) is 0.870. The van der Waals surface area contributed by atoms with Gasteiger partial charge in [-0.2, -0.15) is 4.98 Å². The minimum atomic E-state index is -2.76. The van der Waals surface area contributed by atoms with Crippen LogP contribution in [-0.2, 0) is 0 Å². The molecule has 0 spiro atoms. The molecule has 0 unspecified atom stereocenters. The fourth-order valence-corrected chi connectivity index (χ4v) is 0.955. The Hall–Kier alpha value is -1.59. The van der Waals surface area contributed by atoms with Crippen LogP contribution in [0.3, 0.4) is 0 Å². The number of halogens is 2. The van der Waals surface area contributed by atoms with Crippen molar-refractivity contribution in [2.24, 2.45) is 0 Å². The largest absolute Gasteiger partial charge is 0.503 e. The Balaban J connectivity index is 3.24. The number of hydrogen-bond acceptors (Lipinski definition) is 4. The van der Waals surface area contributed by atoms with Gasteiger partial charge in [-0.05, 0) is 6.07 Å². The Morgan fingerprint density at radius 1 is 1.29 bits per heavy atom. The zero-order chi connectivity index (χ0) is 10.7. The molecule has 1 N–H and O–H groups in total. The number of rotatable bonds is 3. The summed E-state index contributed by atoms with van der Waals surface area (Å²) >= 11 is 0. The second-order valence-corrected chi connectivity index (χ2v) is 2.42. The van der Waals surface area contributed by atoms with E-state index in [9.17, 15) is 13.9 Å². The molecule has 0 amide bonds. The standard InChI is InChI=1S/C8H9F2NO3/c1-13-7-4(6(9)10)3-5(12)8(11-7)14-2/h3,6,12H,1-2H3. The molecule has 0 aromatic carbocycles. The average molecular weight is 205 g/mol. The highest BCUT2D eigenvalue weighted by Gasteiger charge is 2.19. The Labute approximate surface area is 79.1 Å². The van der Waals surface area contributed by atoms with Crippen molar-refractivity contribution in [3.63, 3.8) is 0 Å². The van der Waals surface area contributed by atoms with E-state index in [0.29, 0.717) is 0 Å². The summed E-state index contributed by atoms with van der Waals surface area (Å²) in [6.45, 7) is 0. The number of alkyl halides is 2. The minimum absolute atomic E-state index is 0.147. The van der Waals surface area contributed by atoms with Crippen LogP contribution in [0.1, 0.15) is 12.0 Å². The predicted octanol–water partition coefficient (Wildman–Crippen LogP) is 1.74. The van der Waals surface area contributed by atoms with Gasteiger partial charge in [-0.3, -0.25) is 0 Å². The SMILES string of the molecule is COc1nc(OC)c(C(F)F)cc1O. The van der Waals surface area contributed by atoms with Gasteiger partial charge >= 0.3 is 0 Å². The normalized spacial score (nSPS) is 10.4. The molecule has 1 heterocycles. The third kappa shape index (κ3) is 1.84. The van der Waals surface area contributed by atoms with Crippen molar-refractivity contribution >= 4 is 0 Å². The second kappa shape index (κ2) is 4.08. The lowest BCUT2D eigenvalue weighted by atomic mass is 10.2. The van der Waals surface area contributed by atoms with Gasteiger partial charge in [0, 0.05) is 0 Å².